The van der Waals surface area contributed by atoms with E-state index in [1.165, 1.54) is 24.3 Å². The van der Waals surface area contributed by atoms with Crippen LogP contribution in [0.2, 0.25) is 0 Å². The molecule has 2 aromatic rings. The highest BCUT2D eigenvalue weighted by atomic mass is 79.9. The standard InChI is InChI=1S/C21H29F2N3.CH4.3BrH/c22-20-8-4-18(5-9-20)16-25-13-2-1-12-24-14-3-15-26-17-19-6-10-21(23)11-7-19;;;;/h4-11,24-26H,1-3,12-17H2;1H4;3*1H. The highest BCUT2D eigenvalue weighted by Gasteiger charge is 1.95. The van der Waals surface area contributed by atoms with Crippen LogP contribution in [0.1, 0.15) is 37.8 Å². The second kappa shape index (κ2) is 21.8. The molecule has 0 spiro atoms. The van der Waals surface area contributed by atoms with Crippen molar-refractivity contribution < 1.29 is 8.78 Å². The molecule has 0 unspecified atom stereocenters. The summed E-state index contributed by atoms with van der Waals surface area (Å²) in [7, 11) is 0. The number of rotatable bonds is 13. The van der Waals surface area contributed by atoms with Gasteiger partial charge in [-0.05, 0) is 80.8 Å². The van der Waals surface area contributed by atoms with Crippen LogP contribution in [-0.2, 0) is 13.1 Å². The van der Waals surface area contributed by atoms with E-state index in [0.717, 1.165) is 69.7 Å². The van der Waals surface area contributed by atoms with Crippen molar-refractivity contribution in [2.24, 2.45) is 0 Å². The van der Waals surface area contributed by atoms with Gasteiger partial charge in [-0.15, -0.1) is 50.9 Å². The van der Waals surface area contributed by atoms with Crippen LogP contribution in [0.4, 0.5) is 8.78 Å². The lowest BCUT2D eigenvalue weighted by Gasteiger charge is -2.07. The highest BCUT2D eigenvalue weighted by Crippen LogP contribution is 2.02. The van der Waals surface area contributed by atoms with Crippen molar-refractivity contribution in [3.8, 4) is 0 Å². The Morgan fingerprint density at radius 1 is 0.500 bits per heavy atom. The van der Waals surface area contributed by atoms with Gasteiger partial charge in [0.15, 0.2) is 0 Å². The summed E-state index contributed by atoms with van der Waals surface area (Å²) >= 11 is 0. The Morgan fingerprint density at radius 2 is 0.833 bits per heavy atom. The minimum absolute atomic E-state index is 0. The summed E-state index contributed by atoms with van der Waals surface area (Å²) in [5, 5.41) is 10.2. The monoisotopic (exact) mass is 617 g/mol. The zero-order valence-corrected chi connectivity index (χ0v) is 21.6. The van der Waals surface area contributed by atoms with Gasteiger partial charge in [0.2, 0.25) is 0 Å². The zero-order valence-electron chi connectivity index (χ0n) is 16.5. The predicted molar refractivity (Wildman–Crippen MR) is 141 cm³/mol. The first-order chi connectivity index (χ1) is 12.7. The van der Waals surface area contributed by atoms with Crippen LogP contribution in [0.5, 0.6) is 0 Å². The Labute approximate surface area is 212 Å². The maximum absolute atomic E-state index is 12.8. The van der Waals surface area contributed by atoms with Gasteiger partial charge in [0.05, 0.1) is 0 Å². The van der Waals surface area contributed by atoms with Crippen molar-refractivity contribution in [1.29, 1.82) is 0 Å². The molecule has 0 saturated carbocycles. The highest BCUT2D eigenvalue weighted by molar-refractivity contribution is 8.93. The van der Waals surface area contributed by atoms with E-state index in [0.29, 0.717) is 0 Å². The van der Waals surface area contributed by atoms with Crippen molar-refractivity contribution in [2.45, 2.75) is 39.8 Å². The van der Waals surface area contributed by atoms with E-state index < -0.39 is 0 Å². The Kier molecular flexibility index (Phi) is 24.9. The molecule has 2 aromatic carbocycles. The first kappa shape index (κ1) is 34.2. The second-order valence-corrected chi connectivity index (χ2v) is 6.42. The molecule has 2 rings (SSSR count). The van der Waals surface area contributed by atoms with Gasteiger partial charge in [-0.1, -0.05) is 31.7 Å². The van der Waals surface area contributed by atoms with Crippen LogP contribution in [0, 0.1) is 11.6 Å². The summed E-state index contributed by atoms with van der Waals surface area (Å²) in [4.78, 5) is 0. The predicted octanol–water partition coefficient (Wildman–Crippen LogP) is 5.97. The van der Waals surface area contributed by atoms with E-state index >= 15 is 0 Å². The van der Waals surface area contributed by atoms with Gasteiger partial charge in [0.1, 0.15) is 11.6 Å². The van der Waals surface area contributed by atoms with Gasteiger partial charge in [-0.3, -0.25) is 0 Å². The van der Waals surface area contributed by atoms with E-state index in [1.54, 1.807) is 0 Å². The summed E-state index contributed by atoms with van der Waals surface area (Å²) in [6, 6.07) is 13.2. The van der Waals surface area contributed by atoms with Gasteiger partial charge in [0.25, 0.3) is 0 Å². The summed E-state index contributed by atoms with van der Waals surface area (Å²) in [5.41, 5.74) is 2.21. The average Bonchev–Trinajstić information content (AvgIpc) is 2.65. The van der Waals surface area contributed by atoms with Crippen molar-refractivity contribution in [3.05, 3.63) is 71.3 Å². The molecule has 0 aliphatic rings. The summed E-state index contributed by atoms with van der Waals surface area (Å²) < 4.78 is 25.6. The third-order valence-electron chi connectivity index (χ3n) is 4.15. The van der Waals surface area contributed by atoms with E-state index in [4.69, 9.17) is 0 Å². The van der Waals surface area contributed by atoms with Gasteiger partial charge in [0, 0.05) is 13.1 Å². The van der Waals surface area contributed by atoms with E-state index in [1.807, 2.05) is 24.3 Å². The molecule has 0 atom stereocenters. The normalized spacial score (nSPS) is 9.53. The molecule has 174 valence electrons. The fourth-order valence-electron chi connectivity index (χ4n) is 2.63. The first-order valence-corrected chi connectivity index (χ1v) is 9.35. The van der Waals surface area contributed by atoms with Crippen molar-refractivity contribution >= 4 is 50.9 Å². The summed E-state index contributed by atoms with van der Waals surface area (Å²) in [5.74, 6) is -0.380. The summed E-state index contributed by atoms with van der Waals surface area (Å²) in [6.07, 6.45) is 3.33. The molecule has 0 radical (unpaired) electrons. The van der Waals surface area contributed by atoms with E-state index in [2.05, 4.69) is 16.0 Å². The SMILES string of the molecule is Br.Br.Br.C.Fc1ccc(CNCCCCNCCCNCc2ccc(F)cc2)cc1. The first-order valence-electron chi connectivity index (χ1n) is 9.35. The molecule has 0 saturated heterocycles. The third kappa shape index (κ3) is 16.3. The molecule has 0 aliphatic carbocycles. The Bertz CT molecular complexity index is 559. The van der Waals surface area contributed by atoms with Gasteiger partial charge in [-0.25, -0.2) is 8.78 Å². The lowest BCUT2D eigenvalue weighted by Crippen LogP contribution is -2.23. The molecule has 8 heteroatoms. The minimum Gasteiger partial charge on any atom is -0.317 e. The van der Waals surface area contributed by atoms with Crippen molar-refractivity contribution in [2.75, 3.05) is 26.2 Å². The third-order valence-corrected chi connectivity index (χ3v) is 4.15. The fraction of sp³-hybridized carbons (Fsp3) is 0.455. The van der Waals surface area contributed by atoms with Gasteiger partial charge >= 0.3 is 0 Å². The Hall–Kier alpha value is -0.380. The molecule has 0 amide bonds. The fourth-order valence-corrected chi connectivity index (χ4v) is 2.63. The molecule has 3 nitrogen and oxygen atoms in total. The van der Waals surface area contributed by atoms with Crippen LogP contribution in [0.15, 0.2) is 48.5 Å². The van der Waals surface area contributed by atoms with Gasteiger partial charge in [-0.2, -0.15) is 0 Å². The van der Waals surface area contributed by atoms with E-state index in [-0.39, 0.29) is 70.0 Å². The largest absolute Gasteiger partial charge is 0.317 e. The molecular formula is C22H36Br3F2N3. The molecule has 30 heavy (non-hydrogen) atoms. The maximum Gasteiger partial charge on any atom is 0.123 e. The molecule has 0 aromatic heterocycles. The molecule has 0 fully saturated rings. The lowest BCUT2D eigenvalue weighted by molar-refractivity contribution is 0.558. The minimum atomic E-state index is -0.191. The van der Waals surface area contributed by atoms with E-state index in [9.17, 15) is 8.78 Å². The van der Waals surface area contributed by atoms with Crippen molar-refractivity contribution in [1.82, 2.24) is 16.0 Å². The molecule has 0 heterocycles. The quantitative estimate of drug-likeness (QED) is 0.242. The molecule has 3 N–H and O–H groups in total. The number of hydrogen-bond acceptors (Lipinski definition) is 3. The smallest absolute Gasteiger partial charge is 0.123 e. The van der Waals surface area contributed by atoms with Crippen LogP contribution in [-0.4, -0.2) is 26.2 Å². The molecule has 0 bridgehead atoms. The number of hydrogen-bond donors (Lipinski definition) is 3. The van der Waals surface area contributed by atoms with Gasteiger partial charge < -0.3 is 16.0 Å². The Morgan fingerprint density at radius 3 is 1.27 bits per heavy atom. The average molecular weight is 620 g/mol. The van der Waals surface area contributed by atoms with Crippen LogP contribution in [0.25, 0.3) is 0 Å². The zero-order chi connectivity index (χ0) is 18.5. The molecule has 0 aliphatic heterocycles. The number of halogens is 5. The van der Waals surface area contributed by atoms with Crippen LogP contribution < -0.4 is 16.0 Å². The van der Waals surface area contributed by atoms with Crippen molar-refractivity contribution in [3.63, 3.8) is 0 Å². The second-order valence-electron chi connectivity index (χ2n) is 6.42. The topological polar surface area (TPSA) is 36.1 Å². The number of benzene rings is 2. The molecular weight excluding hydrogens is 584 g/mol. The Balaban J connectivity index is -0.00000182. The summed E-state index contributed by atoms with van der Waals surface area (Å²) in [6.45, 7) is 5.50. The lowest BCUT2D eigenvalue weighted by atomic mass is 10.2. The number of nitrogens with one attached hydrogen (secondary N) is 3. The maximum atomic E-state index is 12.8. The van der Waals surface area contributed by atoms with Crippen LogP contribution >= 0.6 is 50.9 Å². The number of unbranched alkanes of at least 4 members (excludes halogenated alkanes) is 1. The van der Waals surface area contributed by atoms with Crippen LogP contribution in [0.3, 0.4) is 0 Å².